The molecule has 0 aromatic carbocycles. The number of ether oxygens (including phenoxy) is 1. The highest BCUT2D eigenvalue weighted by Crippen LogP contribution is 2.43. The molecular formula is C23H36F2N4O7. The second-order valence-corrected chi connectivity index (χ2v) is 10.1. The summed E-state index contributed by atoms with van der Waals surface area (Å²) in [5.41, 5.74) is -1.71. The third kappa shape index (κ3) is 7.11. The van der Waals surface area contributed by atoms with Crippen LogP contribution in [0.15, 0.2) is 0 Å². The summed E-state index contributed by atoms with van der Waals surface area (Å²) in [7, 11) is 2.31. The van der Waals surface area contributed by atoms with Gasteiger partial charge in [0, 0.05) is 20.0 Å². The number of likely N-dealkylation sites (N-methyl/N-ethyl adjacent to an activating group) is 1. The van der Waals surface area contributed by atoms with Gasteiger partial charge in [0.15, 0.2) is 0 Å². The number of methoxy groups -OCH3 is 1. The van der Waals surface area contributed by atoms with Gasteiger partial charge in [-0.15, -0.1) is 0 Å². The number of ketones is 1. The quantitative estimate of drug-likeness (QED) is 0.304. The maximum atomic E-state index is 13.5. The lowest BCUT2D eigenvalue weighted by Gasteiger charge is -2.35. The molecule has 1 saturated carbocycles. The smallest absolute Gasteiger partial charge is 0.407 e. The lowest BCUT2D eigenvalue weighted by atomic mass is 9.92. The predicted octanol–water partition coefficient (Wildman–Crippen LogP) is 0.344. The molecule has 2 aliphatic rings. The Bertz CT molecular complexity index is 872. The molecule has 1 heterocycles. The van der Waals surface area contributed by atoms with Crippen LogP contribution in [0.25, 0.3) is 0 Å². The van der Waals surface area contributed by atoms with Crippen LogP contribution >= 0.6 is 0 Å². The zero-order valence-corrected chi connectivity index (χ0v) is 21.2. The highest BCUT2D eigenvalue weighted by molar-refractivity contribution is 6.38. The van der Waals surface area contributed by atoms with Crippen LogP contribution in [0.3, 0.4) is 0 Å². The summed E-state index contributed by atoms with van der Waals surface area (Å²) in [5.74, 6) is -7.02. The summed E-state index contributed by atoms with van der Waals surface area (Å²) in [4.78, 5) is 64.5. The van der Waals surface area contributed by atoms with Gasteiger partial charge in [0.2, 0.25) is 23.5 Å². The third-order valence-electron chi connectivity index (χ3n) is 6.80. The molecule has 1 aliphatic heterocycles. The maximum absolute atomic E-state index is 13.5. The molecule has 2 rings (SSSR count). The van der Waals surface area contributed by atoms with E-state index >= 15 is 0 Å². The van der Waals surface area contributed by atoms with Crippen LogP contribution < -0.4 is 16.0 Å². The van der Waals surface area contributed by atoms with Crippen LogP contribution in [-0.4, -0.2) is 90.0 Å². The number of nitrogens with one attached hydrogen (secondary N) is 3. The normalized spacial score (nSPS) is 23.3. The van der Waals surface area contributed by atoms with Crippen molar-refractivity contribution in [2.24, 2.45) is 11.8 Å². The van der Waals surface area contributed by atoms with Gasteiger partial charge in [0.05, 0.1) is 18.8 Å². The molecule has 204 valence electrons. The van der Waals surface area contributed by atoms with Gasteiger partial charge in [-0.3, -0.25) is 19.2 Å². The van der Waals surface area contributed by atoms with Crippen LogP contribution in [0.4, 0.5) is 13.6 Å². The minimum atomic E-state index is -3.13. The Morgan fingerprint density at radius 3 is 2.28 bits per heavy atom. The number of fused-ring (bicyclic) bond motifs is 1. The number of nitrogens with zero attached hydrogens (tertiary/aromatic N) is 1. The van der Waals surface area contributed by atoms with E-state index in [4.69, 9.17) is 0 Å². The monoisotopic (exact) mass is 518 g/mol. The van der Waals surface area contributed by atoms with E-state index in [9.17, 15) is 37.9 Å². The zero-order chi connectivity index (χ0) is 27.4. The highest BCUT2D eigenvalue weighted by Gasteiger charge is 2.52. The van der Waals surface area contributed by atoms with Crippen LogP contribution in [0.1, 0.15) is 52.9 Å². The molecule has 11 nitrogen and oxygen atoms in total. The number of halogens is 2. The summed E-state index contributed by atoms with van der Waals surface area (Å²) in [6, 6.07) is -4.03. The topological polar surface area (TPSA) is 154 Å². The van der Waals surface area contributed by atoms with E-state index in [1.54, 1.807) is 0 Å². The zero-order valence-electron chi connectivity index (χ0n) is 21.2. The van der Waals surface area contributed by atoms with Gasteiger partial charge in [0.25, 0.3) is 5.91 Å². The average molecular weight is 519 g/mol. The van der Waals surface area contributed by atoms with Crippen LogP contribution in [0.5, 0.6) is 0 Å². The first kappa shape index (κ1) is 29.4. The lowest BCUT2D eigenvalue weighted by Crippen LogP contribution is -2.62. The van der Waals surface area contributed by atoms with E-state index in [-0.39, 0.29) is 18.4 Å². The standard InChI is InChI=1S/C23H36F2N4O7/c1-22(2,35)17(28-21(34)36-5)20(33)29-11-12-7-6-8-13(12)15(29)18(31)27-14(9-10-23(3,24)25)16(30)19(32)26-4/h12-15,17,35H,6-11H2,1-5H3,(H,26,32)(H,27,31)(H,28,34)/t12-,13-,14-,15-,17+/m0/s1. The van der Waals surface area contributed by atoms with Crippen LogP contribution in [0.2, 0.25) is 0 Å². The number of amides is 4. The van der Waals surface area contributed by atoms with Crippen molar-refractivity contribution in [1.82, 2.24) is 20.9 Å². The second kappa shape index (κ2) is 11.5. The fraction of sp³-hybridized carbons (Fsp3) is 0.783. The molecule has 2 fully saturated rings. The molecule has 0 spiro atoms. The minimum absolute atomic E-state index is 0.0293. The van der Waals surface area contributed by atoms with Gasteiger partial charge < -0.3 is 30.7 Å². The Morgan fingerprint density at radius 2 is 1.75 bits per heavy atom. The van der Waals surface area contributed by atoms with Crippen molar-refractivity contribution in [2.75, 3.05) is 20.7 Å². The molecule has 4 amide bonds. The molecule has 4 N–H and O–H groups in total. The van der Waals surface area contributed by atoms with Gasteiger partial charge in [-0.05, 0) is 51.9 Å². The number of likely N-dealkylation sites (tertiary alicyclic amines) is 1. The minimum Gasteiger partial charge on any atom is -0.453 e. The fourth-order valence-electron chi connectivity index (χ4n) is 4.96. The average Bonchev–Trinajstić information content (AvgIpc) is 3.38. The molecule has 13 heteroatoms. The number of Topliss-reactive ketones (excluding diaryl/α,β-unsaturated/α-hetero) is 1. The molecule has 5 atom stereocenters. The number of carbonyl (C=O) groups is 5. The Labute approximate surface area is 208 Å². The van der Waals surface area contributed by atoms with Crippen molar-refractivity contribution in [3.8, 4) is 0 Å². The number of alkyl halides is 2. The van der Waals surface area contributed by atoms with E-state index in [0.29, 0.717) is 13.3 Å². The number of alkyl carbamates (subject to hydrolysis) is 1. The van der Waals surface area contributed by atoms with E-state index in [2.05, 4.69) is 20.7 Å². The Kier molecular flexibility index (Phi) is 9.38. The first-order valence-corrected chi connectivity index (χ1v) is 11.9. The third-order valence-corrected chi connectivity index (χ3v) is 6.80. The number of aliphatic hydroxyl groups is 1. The Hall–Kier alpha value is -2.83. The summed E-state index contributed by atoms with van der Waals surface area (Å²) in [5, 5.41) is 17.4. The molecule has 0 bridgehead atoms. The van der Waals surface area contributed by atoms with Crippen molar-refractivity contribution in [1.29, 1.82) is 0 Å². The van der Waals surface area contributed by atoms with Crippen molar-refractivity contribution in [3.63, 3.8) is 0 Å². The van der Waals surface area contributed by atoms with E-state index in [1.807, 2.05) is 0 Å². The molecule has 0 unspecified atom stereocenters. The maximum Gasteiger partial charge on any atom is 0.407 e. The molecule has 36 heavy (non-hydrogen) atoms. The Morgan fingerprint density at radius 1 is 1.11 bits per heavy atom. The van der Waals surface area contributed by atoms with Crippen molar-refractivity contribution >= 4 is 29.6 Å². The van der Waals surface area contributed by atoms with E-state index < -0.39 is 72.1 Å². The molecule has 0 aromatic heterocycles. The SMILES string of the molecule is CNC(=O)C(=O)[C@H](CCC(C)(F)F)NC(=O)[C@@H]1[C@H]2CCC[C@H]2CN1C(=O)[C@@H](NC(=O)OC)C(C)(C)O. The summed E-state index contributed by atoms with van der Waals surface area (Å²) >= 11 is 0. The van der Waals surface area contributed by atoms with Gasteiger partial charge in [0.1, 0.15) is 12.1 Å². The number of carbonyl (C=O) groups excluding carboxylic acids is 5. The van der Waals surface area contributed by atoms with Crippen LogP contribution in [-0.2, 0) is 23.9 Å². The number of hydrogen-bond acceptors (Lipinski definition) is 7. The molecule has 0 aromatic rings. The largest absolute Gasteiger partial charge is 0.453 e. The summed E-state index contributed by atoms with van der Waals surface area (Å²) in [6.45, 7) is 3.49. The first-order valence-electron chi connectivity index (χ1n) is 11.9. The van der Waals surface area contributed by atoms with Gasteiger partial charge in [-0.25, -0.2) is 13.6 Å². The molecule has 1 aliphatic carbocycles. The van der Waals surface area contributed by atoms with E-state index in [1.165, 1.54) is 25.8 Å². The summed E-state index contributed by atoms with van der Waals surface area (Å²) in [6.07, 6.45) is 0.00623. The molecule has 0 radical (unpaired) electrons. The second-order valence-electron chi connectivity index (χ2n) is 10.1. The molecule has 1 saturated heterocycles. The first-order chi connectivity index (χ1) is 16.6. The number of rotatable bonds is 10. The highest BCUT2D eigenvalue weighted by atomic mass is 19.3. The van der Waals surface area contributed by atoms with Gasteiger partial charge in [-0.2, -0.15) is 0 Å². The van der Waals surface area contributed by atoms with Crippen molar-refractivity contribution in [3.05, 3.63) is 0 Å². The van der Waals surface area contributed by atoms with Crippen LogP contribution in [0, 0.1) is 11.8 Å². The van der Waals surface area contributed by atoms with Crippen molar-refractivity contribution < 1.29 is 42.6 Å². The summed E-state index contributed by atoms with van der Waals surface area (Å²) < 4.78 is 31.6. The predicted molar refractivity (Wildman–Crippen MR) is 123 cm³/mol. The van der Waals surface area contributed by atoms with Gasteiger partial charge >= 0.3 is 6.09 Å². The Balaban J connectivity index is 2.34. The molecular weight excluding hydrogens is 482 g/mol. The fourth-order valence-corrected chi connectivity index (χ4v) is 4.96. The van der Waals surface area contributed by atoms with Crippen molar-refractivity contribution in [2.45, 2.75) is 82.5 Å². The lowest BCUT2D eigenvalue weighted by molar-refractivity contribution is -0.146. The number of hydrogen-bond donors (Lipinski definition) is 4. The van der Waals surface area contributed by atoms with E-state index in [0.717, 1.165) is 20.0 Å². The van der Waals surface area contributed by atoms with Gasteiger partial charge in [-0.1, -0.05) is 6.42 Å².